The molecule has 0 fully saturated rings. The van der Waals surface area contributed by atoms with Crippen molar-refractivity contribution >= 4 is 36.6 Å². The van der Waals surface area contributed by atoms with Gasteiger partial charge in [-0.05, 0) is 0 Å². The third kappa shape index (κ3) is 8.96. The quantitative estimate of drug-likeness (QED) is 0.684. The van der Waals surface area contributed by atoms with Gasteiger partial charge in [0, 0.05) is 0 Å². The third-order valence-electron chi connectivity index (χ3n) is 0.500. The molecule has 0 aromatic rings. The largest absolute Gasteiger partial charge is 0.147 e. The Morgan fingerprint density at radius 2 is 1.50 bits per heavy atom. The van der Waals surface area contributed by atoms with Crippen molar-refractivity contribution in [2.24, 2.45) is 0 Å². The van der Waals surface area contributed by atoms with E-state index in [1.807, 2.05) is 0 Å². The van der Waals surface area contributed by atoms with E-state index < -0.39 is 0 Å². The molecule has 0 N–H and O–H groups in total. The van der Waals surface area contributed by atoms with Gasteiger partial charge >= 0.3 is 46.0 Å². The fourth-order valence-corrected chi connectivity index (χ4v) is 2.19. The van der Waals surface area contributed by atoms with E-state index in [0.717, 1.165) is 0 Å². The van der Waals surface area contributed by atoms with Gasteiger partial charge in [0.1, 0.15) is 0 Å². The summed E-state index contributed by atoms with van der Waals surface area (Å²) in [6.45, 7) is 4.60. The first-order chi connectivity index (χ1) is 2.41. The Morgan fingerprint density at radius 3 is 1.50 bits per heavy atom. The van der Waals surface area contributed by atoms with Crippen molar-refractivity contribution in [3.63, 3.8) is 0 Å². The molecule has 0 atom stereocenters. The minimum atomic E-state index is 0. The van der Waals surface area contributed by atoms with Crippen LogP contribution in [0, 0.1) is 0 Å². The van der Waals surface area contributed by atoms with Crippen LogP contribution in [0.4, 0.5) is 0 Å². The Morgan fingerprint density at radius 1 is 1.17 bits per heavy atom. The van der Waals surface area contributed by atoms with Crippen molar-refractivity contribution in [1.82, 2.24) is 0 Å². The maximum atomic E-state index is 2.30. The predicted octanol–water partition coefficient (Wildman–Crippen LogP) is 1.99. The summed E-state index contributed by atoms with van der Waals surface area (Å²) in [4.78, 5) is 0. The van der Waals surface area contributed by atoms with E-state index in [2.05, 4.69) is 13.8 Å². The molecule has 0 aliphatic carbocycles. The van der Waals surface area contributed by atoms with E-state index in [1.165, 1.54) is 7.96 Å². The zero-order valence-electron chi connectivity index (χ0n) is 4.32. The van der Waals surface area contributed by atoms with Crippen LogP contribution in [0.3, 0.4) is 0 Å². The average molecular weight is 302 g/mol. The van der Waals surface area contributed by atoms with Crippen LogP contribution in [0.15, 0.2) is 0 Å². The Balaban J connectivity index is 0. The Labute approximate surface area is 58.3 Å². The summed E-state index contributed by atoms with van der Waals surface area (Å²) in [6.07, 6.45) is 0. The molecule has 0 unspecified atom stereocenters. The Hall–Kier alpha value is 1.21. The van der Waals surface area contributed by atoms with E-state index in [4.69, 9.17) is 0 Å². The van der Waals surface area contributed by atoms with Crippen LogP contribution in [0.25, 0.3) is 0 Å². The van der Waals surface area contributed by atoms with Crippen LogP contribution in [0.2, 0.25) is 7.96 Å². The molecule has 38 valence electrons. The van der Waals surface area contributed by atoms with Gasteiger partial charge in [0.05, 0.1) is 0 Å². The smallest absolute Gasteiger partial charge is 0.147 e. The number of halogens is 1. The van der Waals surface area contributed by atoms with Crippen molar-refractivity contribution in [3.05, 3.63) is 0 Å². The summed E-state index contributed by atoms with van der Waals surface area (Å²) in [6, 6.07) is 0. The third-order valence-corrected chi connectivity index (χ3v) is 4.39. The molecular formula is C4H11ClPb. The molecule has 0 aliphatic heterocycles. The normalized spacial score (nSPS) is 7.00. The fourth-order valence-electron chi connectivity index (χ4n) is 0.250. The van der Waals surface area contributed by atoms with Gasteiger partial charge in [0.25, 0.3) is 0 Å². The van der Waals surface area contributed by atoms with Crippen LogP contribution in [0.1, 0.15) is 13.8 Å². The molecule has 0 heterocycles. The van der Waals surface area contributed by atoms with E-state index in [9.17, 15) is 0 Å². The van der Waals surface area contributed by atoms with Crippen molar-refractivity contribution in [1.29, 1.82) is 0 Å². The summed E-state index contributed by atoms with van der Waals surface area (Å²) in [5, 5.41) is 0. The minimum Gasteiger partial charge on any atom is -0.147 e. The zero-order chi connectivity index (χ0) is 4.12. The van der Waals surface area contributed by atoms with E-state index in [0.29, 0.717) is 0 Å². The molecule has 0 saturated carbocycles. The number of hydrogen-bond acceptors (Lipinski definition) is 0. The summed E-state index contributed by atoms with van der Waals surface area (Å²) in [5.41, 5.74) is 0. The summed E-state index contributed by atoms with van der Waals surface area (Å²) in [7, 11) is 0. The van der Waals surface area contributed by atoms with Gasteiger partial charge in [-0.2, -0.15) is 0 Å². The summed E-state index contributed by atoms with van der Waals surface area (Å²) < 4.78 is 3.08. The second-order valence-corrected chi connectivity index (χ2v) is 8.40. The molecule has 2 heteroatoms. The fraction of sp³-hybridized carbons (Fsp3) is 1.00. The van der Waals surface area contributed by atoms with Crippen molar-refractivity contribution < 1.29 is 0 Å². The van der Waals surface area contributed by atoms with E-state index in [1.54, 1.807) is 0 Å². The SMILES string of the molecule is C[CH2][Pb][CH2]C.Cl. The second-order valence-electron chi connectivity index (χ2n) is 0.957. The van der Waals surface area contributed by atoms with E-state index >= 15 is 0 Å². The van der Waals surface area contributed by atoms with Crippen LogP contribution in [-0.2, 0) is 0 Å². The maximum Gasteiger partial charge on any atom is -0.147 e. The molecule has 0 aromatic heterocycles. The number of hydrogen-bond donors (Lipinski definition) is 0. The van der Waals surface area contributed by atoms with Crippen molar-refractivity contribution in [2.45, 2.75) is 21.8 Å². The Bertz CT molecular complexity index is 15.0. The molecule has 2 radical (unpaired) electrons. The van der Waals surface area contributed by atoms with Gasteiger partial charge in [0.2, 0.25) is 0 Å². The molecule has 0 amide bonds. The first-order valence-corrected chi connectivity index (χ1v) is 7.62. The molecule has 6 heavy (non-hydrogen) atoms. The Kier molecular flexibility index (Phi) is 16.2. The first-order valence-electron chi connectivity index (χ1n) is 2.12. The number of rotatable bonds is 2. The van der Waals surface area contributed by atoms with Crippen LogP contribution in [0.5, 0.6) is 0 Å². The predicted molar refractivity (Wildman–Crippen MR) is 34.0 cm³/mol. The monoisotopic (exact) mass is 302 g/mol. The molecule has 0 bridgehead atoms. The van der Waals surface area contributed by atoms with Crippen LogP contribution < -0.4 is 0 Å². The van der Waals surface area contributed by atoms with E-state index in [-0.39, 0.29) is 36.6 Å². The van der Waals surface area contributed by atoms with Gasteiger partial charge in [-0.3, -0.25) is 0 Å². The average Bonchev–Trinajstić information content (AvgIpc) is 1.41. The first kappa shape index (κ1) is 10.2. The van der Waals surface area contributed by atoms with Gasteiger partial charge < -0.3 is 0 Å². The summed E-state index contributed by atoms with van der Waals surface area (Å²) in [5.74, 6) is 0. The van der Waals surface area contributed by atoms with Gasteiger partial charge in [-0.25, -0.2) is 0 Å². The summed E-state index contributed by atoms with van der Waals surface area (Å²) >= 11 is 0.0494. The van der Waals surface area contributed by atoms with Gasteiger partial charge in [0.15, 0.2) is 0 Å². The topological polar surface area (TPSA) is 0 Å². The minimum absolute atomic E-state index is 0. The maximum absolute atomic E-state index is 2.30. The van der Waals surface area contributed by atoms with Crippen molar-refractivity contribution in [3.8, 4) is 0 Å². The molecule has 0 nitrogen and oxygen atoms in total. The molecule has 0 aromatic carbocycles. The molecular weight excluding hydrogens is 291 g/mol. The molecule has 0 aliphatic rings. The second kappa shape index (κ2) is 9.51. The molecule has 0 saturated heterocycles. The standard InChI is InChI=1S/2C2H5.ClH.Pb/c2*1-2;;/h2*1H2,2H3;1H;. The van der Waals surface area contributed by atoms with Crippen LogP contribution in [-0.4, -0.2) is 24.2 Å². The zero-order valence-corrected chi connectivity index (χ0v) is 9.03. The van der Waals surface area contributed by atoms with Gasteiger partial charge in [-0.1, -0.05) is 0 Å². The van der Waals surface area contributed by atoms with Gasteiger partial charge in [-0.15, -0.1) is 12.4 Å². The van der Waals surface area contributed by atoms with Crippen molar-refractivity contribution in [2.75, 3.05) is 0 Å². The van der Waals surface area contributed by atoms with Crippen LogP contribution >= 0.6 is 12.4 Å². The molecule has 0 spiro atoms. The molecule has 0 rings (SSSR count).